The topological polar surface area (TPSA) is 63.0 Å². The van der Waals surface area contributed by atoms with E-state index in [0.29, 0.717) is 22.9 Å². The molecule has 0 unspecified atom stereocenters. The number of fused-ring (bicyclic) bond motifs is 1. The van der Waals surface area contributed by atoms with Gasteiger partial charge in [0.25, 0.3) is 0 Å². The Balaban J connectivity index is 1.55. The number of rotatable bonds is 5. The summed E-state index contributed by atoms with van der Waals surface area (Å²) >= 11 is 7.50. The Morgan fingerprint density at radius 3 is 2.38 bits per heavy atom. The highest BCUT2D eigenvalue weighted by molar-refractivity contribution is 8.14. The minimum atomic E-state index is -0.302. The molecule has 0 radical (unpaired) electrons. The lowest BCUT2D eigenvalue weighted by molar-refractivity contribution is -0.113. The molecule has 34 heavy (non-hydrogen) atoms. The zero-order valence-corrected chi connectivity index (χ0v) is 20.6. The Hall–Kier alpha value is -3.16. The van der Waals surface area contributed by atoms with E-state index in [9.17, 15) is 9.18 Å². The third kappa shape index (κ3) is 5.66. The number of benzene rings is 3. The van der Waals surface area contributed by atoms with Crippen LogP contribution in [-0.4, -0.2) is 29.5 Å². The van der Waals surface area contributed by atoms with Gasteiger partial charge in [-0.05, 0) is 73.0 Å². The summed E-state index contributed by atoms with van der Waals surface area (Å²) in [7, 11) is 1.54. The molecular formula is C26H23ClFN3O2S. The second kappa shape index (κ2) is 10.4. The number of nitrogens with one attached hydrogen (secondary N) is 1. The van der Waals surface area contributed by atoms with Crippen molar-refractivity contribution in [3.8, 4) is 5.75 Å². The van der Waals surface area contributed by atoms with E-state index in [0.717, 1.165) is 38.8 Å². The van der Waals surface area contributed by atoms with Gasteiger partial charge in [0, 0.05) is 12.1 Å². The molecule has 4 rings (SSSR count). The molecule has 0 atom stereocenters. The van der Waals surface area contributed by atoms with E-state index in [2.05, 4.69) is 5.32 Å². The lowest BCUT2D eigenvalue weighted by Crippen LogP contribution is -2.16. The summed E-state index contributed by atoms with van der Waals surface area (Å²) in [5.41, 5.74) is 5.92. The molecule has 0 aromatic heterocycles. The zero-order chi connectivity index (χ0) is 24.2. The maximum Gasteiger partial charge on any atom is 0.234 e. The van der Waals surface area contributed by atoms with E-state index < -0.39 is 0 Å². The molecule has 0 saturated carbocycles. The SMILES string of the molecule is COc1ccc(NC(=O)CSC2=Nc3cc(C)c(C)cc3N=C(c3ccc(F)cc3)C2)cc1Cl. The van der Waals surface area contributed by atoms with Crippen molar-refractivity contribution in [2.75, 3.05) is 18.2 Å². The number of anilines is 1. The van der Waals surface area contributed by atoms with Crippen LogP contribution in [0.4, 0.5) is 21.5 Å². The first-order valence-corrected chi connectivity index (χ1v) is 12.0. The number of hydrogen-bond donors (Lipinski definition) is 1. The summed E-state index contributed by atoms with van der Waals surface area (Å²) in [4.78, 5) is 22.3. The van der Waals surface area contributed by atoms with Crippen LogP contribution in [0.1, 0.15) is 23.1 Å². The monoisotopic (exact) mass is 495 g/mol. The average molecular weight is 496 g/mol. The van der Waals surface area contributed by atoms with Crippen LogP contribution in [0.5, 0.6) is 5.75 Å². The minimum Gasteiger partial charge on any atom is -0.495 e. The van der Waals surface area contributed by atoms with Crippen molar-refractivity contribution in [3.63, 3.8) is 0 Å². The van der Waals surface area contributed by atoms with Crippen LogP contribution in [0, 0.1) is 19.7 Å². The molecule has 1 aliphatic heterocycles. The number of ether oxygens (including phenoxy) is 1. The number of nitrogens with zero attached hydrogens (tertiary/aromatic N) is 2. The zero-order valence-electron chi connectivity index (χ0n) is 19.0. The first kappa shape index (κ1) is 24.0. The van der Waals surface area contributed by atoms with Gasteiger partial charge in [-0.15, -0.1) is 11.8 Å². The molecule has 8 heteroatoms. The van der Waals surface area contributed by atoms with Crippen molar-refractivity contribution < 1.29 is 13.9 Å². The summed E-state index contributed by atoms with van der Waals surface area (Å²) in [6.45, 7) is 4.06. The van der Waals surface area contributed by atoms with Gasteiger partial charge in [-0.3, -0.25) is 9.79 Å². The van der Waals surface area contributed by atoms with Gasteiger partial charge >= 0.3 is 0 Å². The molecular weight excluding hydrogens is 473 g/mol. The van der Waals surface area contributed by atoms with E-state index in [1.54, 1.807) is 30.3 Å². The number of thioether (sulfide) groups is 1. The molecule has 1 heterocycles. The molecule has 5 nitrogen and oxygen atoms in total. The van der Waals surface area contributed by atoms with Crippen LogP contribution in [-0.2, 0) is 4.79 Å². The Labute approximate surface area is 207 Å². The van der Waals surface area contributed by atoms with E-state index in [1.165, 1.54) is 31.0 Å². The fourth-order valence-electron chi connectivity index (χ4n) is 3.45. The molecule has 0 spiro atoms. The molecule has 0 aliphatic carbocycles. The van der Waals surface area contributed by atoms with Crippen LogP contribution < -0.4 is 10.1 Å². The Morgan fingerprint density at radius 2 is 1.74 bits per heavy atom. The van der Waals surface area contributed by atoms with Gasteiger partial charge in [-0.2, -0.15) is 0 Å². The normalized spacial score (nSPS) is 12.9. The maximum absolute atomic E-state index is 13.5. The third-order valence-electron chi connectivity index (χ3n) is 5.39. The number of aryl methyl sites for hydroxylation is 2. The Morgan fingerprint density at radius 1 is 1.06 bits per heavy atom. The Kier molecular flexibility index (Phi) is 7.34. The standard InChI is InChI=1S/C26H23ClFN3O2S/c1-15-10-22-23(11-16(15)2)31-26(13-21(30-22)17-4-6-18(28)7-5-17)34-14-25(32)29-19-8-9-24(33-3)20(27)12-19/h4-12H,13-14H2,1-3H3,(H,29,32). The quantitative estimate of drug-likeness (QED) is 0.413. The van der Waals surface area contributed by atoms with Gasteiger partial charge in [-0.25, -0.2) is 9.38 Å². The molecule has 1 aliphatic rings. The van der Waals surface area contributed by atoms with E-state index in [-0.39, 0.29) is 17.5 Å². The molecule has 1 amide bonds. The highest BCUT2D eigenvalue weighted by atomic mass is 35.5. The number of carbonyl (C=O) groups is 1. The summed E-state index contributed by atoms with van der Waals surface area (Å²) < 4.78 is 18.6. The third-order valence-corrected chi connectivity index (χ3v) is 6.66. The van der Waals surface area contributed by atoms with Crippen molar-refractivity contribution in [3.05, 3.63) is 82.1 Å². The lowest BCUT2D eigenvalue weighted by atomic mass is 10.1. The summed E-state index contributed by atoms with van der Waals surface area (Å²) in [6.07, 6.45) is 0.435. The van der Waals surface area contributed by atoms with Crippen LogP contribution in [0.3, 0.4) is 0 Å². The molecule has 1 N–H and O–H groups in total. The van der Waals surface area contributed by atoms with Crippen molar-refractivity contribution in [1.29, 1.82) is 0 Å². The van der Waals surface area contributed by atoms with Crippen molar-refractivity contribution in [1.82, 2.24) is 0 Å². The maximum atomic E-state index is 13.5. The van der Waals surface area contributed by atoms with Crippen LogP contribution >= 0.6 is 23.4 Å². The second-order valence-electron chi connectivity index (χ2n) is 7.86. The van der Waals surface area contributed by atoms with Gasteiger partial charge in [0.15, 0.2) is 0 Å². The molecule has 0 fully saturated rings. The fourth-order valence-corrected chi connectivity index (χ4v) is 4.48. The summed E-state index contributed by atoms with van der Waals surface area (Å²) in [5.74, 6) is 0.222. The van der Waals surface area contributed by atoms with Crippen LogP contribution in [0.25, 0.3) is 0 Å². The van der Waals surface area contributed by atoms with E-state index in [1.807, 2.05) is 26.0 Å². The predicted molar refractivity (Wildman–Crippen MR) is 139 cm³/mol. The van der Waals surface area contributed by atoms with Gasteiger partial charge in [0.1, 0.15) is 11.6 Å². The summed E-state index contributed by atoms with van der Waals surface area (Å²) in [5, 5.41) is 4.02. The smallest absolute Gasteiger partial charge is 0.234 e. The molecule has 0 saturated heterocycles. The first-order chi connectivity index (χ1) is 16.3. The average Bonchev–Trinajstić information content (AvgIpc) is 2.98. The van der Waals surface area contributed by atoms with Crippen LogP contribution in [0.2, 0.25) is 5.02 Å². The van der Waals surface area contributed by atoms with E-state index in [4.69, 9.17) is 26.3 Å². The van der Waals surface area contributed by atoms with Crippen LogP contribution in [0.15, 0.2) is 64.6 Å². The van der Waals surface area contributed by atoms with Gasteiger partial charge < -0.3 is 10.1 Å². The first-order valence-electron chi connectivity index (χ1n) is 10.6. The number of aliphatic imine (C=N–C) groups is 2. The second-order valence-corrected chi connectivity index (χ2v) is 9.31. The molecule has 174 valence electrons. The molecule has 0 bridgehead atoms. The molecule has 3 aromatic carbocycles. The van der Waals surface area contributed by atoms with Gasteiger partial charge in [0.2, 0.25) is 5.91 Å². The highest BCUT2D eigenvalue weighted by Crippen LogP contribution is 2.36. The number of carbonyl (C=O) groups excluding carboxylic acids is 1. The lowest BCUT2D eigenvalue weighted by Gasteiger charge is -2.09. The largest absolute Gasteiger partial charge is 0.495 e. The van der Waals surface area contributed by atoms with E-state index >= 15 is 0 Å². The summed E-state index contributed by atoms with van der Waals surface area (Å²) in [6, 6.07) is 15.3. The Bertz CT molecular complexity index is 1310. The number of halogens is 2. The van der Waals surface area contributed by atoms with Crippen molar-refractivity contribution in [2.24, 2.45) is 9.98 Å². The van der Waals surface area contributed by atoms with Gasteiger partial charge in [0.05, 0.1) is 40.0 Å². The number of methoxy groups -OCH3 is 1. The molecule has 3 aromatic rings. The highest BCUT2D eigenvalue weighted by Gasteiger charge is 2.18. The number of amides is 1. The predicted octanol–water partition coefficient (Wildman–Crippen LogP) is 7.03. The number of hydrogen-bond acceptors (Lipinski definition) is 5. The van der Waals surface area contributed by atoms with Crippen molar-refractivity contribution >= 4 is 57.1 Å². The van der Waals surface area contributed by atoms with Gasteiger partial charge in [-0.1, -0.05) is 23.7 Å². The van der Waals surface area contributed by atoms with Crippen molar-refractivity contribution in [2.45, 2.75) is 20.3 Å². The minimum absolute atomic E-state index is 0.166. The fraction of sp³-hybridized carbons (Fsp3) is 0.192.